The molecule has 0 bridgehead atoms. The van der Waals surface area contributed by atoms with Crippen LogP contribution in [0.2, 0.25) is 0 Å². The molecule has 160 valence electrons. The minimum absolute atomic E-state index is 0.114. The number of anilines is 4. The van der Waals surface area contributed by atoms with Crippen LogP contribution in [0.15, 0.2) is 42.7 Å². The number of nitrogen functional groups attached to an aromatic ring is 2. The van der Waals surface area contributed by atoms with Crippen molar-refractivity contribution in [2.45, 2.75) is 19.3 Å². The van der Waals surface area contributed by atoms with Crippen LogP contribution in [0.4, 0.5) is 22.7 Å². The molecule has 0 spiro atoms. The Balaban J connectivity index is 1.62. The van der Waals surface area contributed by atoms with E-state index in [4.69, 9.17) is 16.2 Å². The minimum atomic E-state index is -0.409. The van der Waals surface area contributed by atoms with Crippen molar-refractivity contribution in [1.29, 1.82) is 0 Å². The lowest BCUT2D eigenvalue weighted by Gasteiger charge is -2.30. The van der Waals surface area contributed by atoms with Crippen LogP contribution in [-0.2, 0) is 0 Å². The number of nitrogens with one attached hydrogen (secondary N) is 1. The number of ether oxygens (including phenoxy) is 1. The number of pyridine rings is 3. The van der Waals surface area contributed by atoms with E-state index in [2.05, 4.69) is 25.2 Å². The van der Waals surface area contributed by atoms with E-state index in [0.717, 1.165) is 31.6 Å². The van der Waals surface area contributed by atoms with Gasteiger partial charge in [0.15, 0.2) is 5.69 Å². The van der Waals surface area contributed by atoms with Crippen molar-refractivity contribution >= 4 is 28.7 Å². The maximum Gasteiger partial charge on any atom is 0.276 e. The van der Waals surface area contributed by atoms with E-state index in [1.54, 1.807) is 36.7 Å². The summed E-state index contributed by atoms with van der Waals surface area (Å²) in [4.78, 5) is 28.3. The molecule has 9 heteroatoms. The first-order valence-corrected chi connectivity index (χ1v) is 10.1. The van der Waals surface area contributed by atoms with E-state index < -0.39 is 5.91 Å². The molecular formula is C22H25N7O2. The third-order valence-electron chi connectivity index (χ3n) is 5.23. The van der Waals surface area contributed by atoms with Crippen LogP contribution in [0.25, 0.3) is 11.4 Å². The first-order chi connectivity index (χ1) is 15.1. The summed E-state index contributed by atoms with van der Waals surface area (Å²) >= 11 is 0. The van der Waals surface area contributed by atoms with Crippen molar-refractivity contribution in [3.05, 3.63) is 48.4 Å². The quantitative estimate of drug-likeness (QED) is 0.575. The molecule has 0 radical (unpaired) electrons. The summed E-state index contributed by atoms with van der Waals surface area (Å²) in [5, 5.41) is 2.92. The second kappa shape index (κ2) is 8.86. The first kappa shape index (κ1) is 20.4. The highest BCUT2D eigenvalue weighted by Crippen LogP contribution is 2.29. The Bertz CT molecular complexity index is 1100. The molecule has 3 aromatic rings. The number of rotatable bonds is 5. The number of carbonyl (C=O) groups excluding carboxylic acids is 1. The molecular weight excluding hydrogens is 394 g/mol. The number of aromatic nitrogens is 3. The number of hydrogen-bond acceptors (Lipinski definition) is 8. The number of carbonyl (C=O) groups is 1. The summed E-state index contributed by atoms with van der Waals surface area (Å²) < 4.78 is 5.18. The Labute approximate surface area is 180 Å². The molecule has 9 nitrogen and oxygen atoms in total. The van der Waals surface area contributed by atoms with Crippen LogP contribution in [0.5, 0.6) is 5.88 Å². The van der Waals surface area contributed by atoms with Crippen molar-refractivity contribution < 1.29 is 9.53 Å². The van der Waals surface area contributed by atoms with Crippen LogP contribution in [0, 0.1) is 0 Å². The zero-order valence-corrected chi connectivity index (χ0v) is 17.3. The smallest absolute Gasteiger partial charge is 0.276 e. The minimum Gasteiger partial charge on any atom is -0.480 e. The Morgan fingerprint density at radius 2 is 1.71 bits per heavy atom. The Morgan fingerprint density at radius 1 is 1.00 bits per heavy atom. The van der Waals surface area contributed by atoms with Gasteiger partial charge in [-0.3, -0.25) is 9.78 Å². The standard InChI is InChI=1S/C22H25N7O2/c1-31-22-15(24)6-8-17(28-22)16-7-5-14(23)20(26-16)21(30)27-18-13-25-10-9-19(18)29-11-3-2-4-12-29/h5-10,13H,2-4,11-12,23-24H2,1H3,(H,27,30). The van der Waals surface area contributed by atoms with Gasteiger partial charge in [0, 0.05) is 19.3 Å². The molecule has 0 atom stereocenters. The lowest BCUT2D eigenvalue weighted by molar-refractivity contribution is 0.102. The highest BCUT2D eigenvalue weighted by Gasteiger charge is 2.19. The summed E-state index contributed by atoms with van der Waals surface area (Å²) in [7, 11) is 1.49. The molecule has 4 rings (SSSR count). The van der Waals surface area contributed by atoms with Gasteiger partial charge in [0.2, 0.25) is 5.88 Å². The van der Waals surface area contributed by atoms with Gasteiger partial charge in [-0.2, -0.15) is 0 Å². The van der Waals surface area contributed by atoms with Crippen LogP contribution < -0.4 is 26.4 Å². The molecule has 0 aliphatic carbocycles. The number of hydrogen-bond donors (Lipinski definition) is 3. The SMILES string of the molecule is COc1nc(-c2ccc(N)c(C(=O)Nc3cnccc3N3CCCCC3)n2)ccc1N. The lowest BCUT2D eigenvalue weighted by atomic mass is 10.1. The molecule has 1 fully saturated rings. The summed E-state index contributed by atoms with van der Waals surface area (Å²) in [5.74, 6) is -0.114. The fraction of sp³-hybridized carbons (Fsp3) is 0.273. The van der Waals surface area contributed by atoms with Gasteiger partial charge in [-0.25, -0.2) is 9.97 Å². The number of amides is 1. The number of nitrogens with zero attached hydrogens (tertiary/aromatic N) is 4. The van der Waals surface area contributed by atoms with Crippen molar-refractivity contribution in [2.75, 3.05) is 41.9 Å². The molecule has 1 saturated heterocycles. The molecule has 0 saturated carbocycles. The zero-order chi connectivity index (χ0) is 21.8. The van der Waals surface area contributed by atoms with E-state index in [1.807, 2.05) is 6.07 Å². The molecule has 1 amide bonds. The van der Waals surface area contributed by atoms with Gasteiger partial charge in [0.1, 0.15) is 0 Å². The van der Waals surface area contributed by atoms with Gasteiger partial charge in [-0.05, 0) is 49.6 Å². The highest BCUT2D eigenvalue weighted by molar-refractivity contribution is 6.07. The molecule has 3 aromatic heterocycles. The number of methoxy groups -OCH3 is 1. The van der Waals surface area contributed by atoms with Gasteiger partial charge in [0.05, 0.1) is 47.4 Å². The predicted octanol–water partition coefficient (Wildman–Crippen LogP) is 2.95. The van der Waals surface area contributed by atoms with Crippen LogP contribution >= 0.6 is 0 Å². The third kappa shape index (κ3) is 4.35. The van der Waals surface area contributed by atoms with E-state index >= 15 is 0 Å². The molecule has 1 aliphatic heterocycles. The van der Waals surface area contributed by atoms with Crippen LogP contribution in [-0.4, -0.2) is 41.1 Å². The fourth-order valence-corrected chi connectivity index (χ4v) is 3.63. The predicted molar refractivity (Wildman–Crippen MR) is 121 cm³/mol. The van der Waals surface area contributed by atoms with E-state index in [0.29, 0.717) is 28.6 Å². The Hall–Kier alpha value is -3.88. The lowest BCUT2D eigenvalue weighted by Crippen LogP contribution is -2.30. The third-order valence-corrected chi connectivity index (χ3v) is 5.23. The van der Waals surface area contributed by atoms with Crippen molar-refractivity contribution in [2.24, 2.45) is 0 Å². The van der Waals surface area contributed by atoms with Crippen molar-refractivity contribution in [3.8, 4) is 17.3 Å². The average Bonchev–Trinajstić information content (AvgIpc) is 2.80. The van der Waals surface area contributed by atoms with E-state index in [9.17, 15) is 4.79 Å². The van der Waals surface area contributed by atoms with Gasteiger partial charge in [-0.1, -0.05) is 0 Å². The van der Waals surface area contributed by atoms with Gasteiger partial charge < -0.3 is 26.4 Å². The second-order valence-electron chi connectivity index (χ2n) is 7.32. The van der Waals surface area contributed by atoms with E-state index in [-0.39, 0.29) is 11.4 Å². The second-order valence-corrected chi connectivity index (χ2v) is 7.32. The molecule has 4 heterocycles. The topological polar surface area (TPSA) is 132 Å². The van der Waals surface area contributed by atoms with E-state index in [1.165, 1.54) is 13.5 Å². The molecule has 0 aromatic carbocycles. The van der Waals surface area contributed by atoms with Crippen molar-refractivity contribution in [1.82, 2.24) is 15.0 Å². The summed E-state index contributed by atoms with van der Waals surface area (Å²) in [5.41, 5.74) is 15.3. The molecule has 31 heavy (non-hydrogen) atoms. The number of piperidine rings is 1. The first-order valence-electron chi connectivity index (χ1n) is 10.1. The maximum atomic E-state index is 13.1. The highest BCUT2D eigenvalue weighted by atomic mass is 16.5. The van der Waals surface area contributed by atoms with Crippen molar-refractivity contribution in [3.63, 3.8) is 0 Å². The average molecular weight is 419 g/mol. The molecule has 5 N–H and O–H groups in total. The van der Waals surface area contributed by atoms with Crippen LogP contribution in [0.3, 0.4) is 0 Å². The molecule has 1 aliphatic rings. The summed E-state index contributed by atoms with van der Waals surface area (Å²) in [6.07, 6.45) is 6.86. The largest absolute Gasteiger partial charge is 0.480 e. The summed E-state index contributed by atoms with van der Waals surface area (Å²) in [6.45, 7) is 1.90. The summed E-state index contributed by atoms with van der Waals surface area (Å²) in [6, 6.07) is 8.65. The van der Waals surface area contributed by atoms with Gasteiger partial charge in [0.25, 0.3) is 5.91 Å². The molecule has 0 unspecified atom stereocenters. The fourth-order valence-electron chi connectivity index (χ4n) is 3.63. The Morgan fingerprint density at radius 3 is 2.45 bits per heavy atom. The van der Waals surface area contributed by atoms with Gasteiger partial charge >= 0.3 is 0 Å². The van der Waals surface area contributed by atoms with Crippen LogP contribution in [0.1, 0.15) is 29.8 Å². The monoisotopic (exact) mass is 419 g/mol. The maximum absolute atomic E-state index is 13.1. The number of nitrogens with two attached hydrogens (primary N) is 2. The Kier molecular flexibility index (Phi) is 5.83. The normalized spacial score (nSPS) is 13.6. The van der Waals surface area contributed by atoms with Gasteiger partial charge in [-0.15, -0.1) is 0 Å². The zero-order valence-electron chi connectivity index (χ0n) is 17.3.